The van der Waals surface area contributed by atoms with E-state index in [9.17, 15) is 15.0 Å². The number of rotatable bonds is 3. The number of piperidine rings is 1. The summed E-state index contributed by atoms with van der Waals surface area (Å²) in [6, 6.07) is 11.6. The fraction of sp³-hybridized carbons (Fsp3) is 0.455. The van der Waals surface area contributed by atoms with Crippen LogP contribution in [0.1, 0.15) is 48.7 Å². The lowest BCUT2D eigenvalue weighted by Crippen LogP contribution is -2.64. The Bertz CT molecular complexity index is 858. The molecule has 3 heterocycles. The molecular formula is C22H27N3O3. The Labute approximate surface area is 165 Å². The van der Waals surface area contributed by atoms with E-state index in [0.717, 1.165) is 19.4 Å². The van der Waals surface area contributed by atoms with Crippen LogP contribution in [0.15, 0.2) is 42.6 Å². The molecule has 2 aliphatic rings. The van der Waals surface area contributed by atoms with Gasteiger partial charge in [-0.2, -0.15) is 0 Å². The lowest BCUT2D eigenvalue weighted by molar-refractivity contribution is -0.124. The first kappa shape index (κ1) is 18.7. The summed E-state index contributed by atoms with van der Waals surface area (Å²) in [5, 5.41) is 19.5. The summed E-state index contributed by atoms with van der Waals surface area (Å²) in [6.45, 7) is 6.80. The summed E-state index contributed by atoms with van der Waals surface area (Å²) in [5.74, 6) is -0.0732. The quantitative estimate of drug-likeness (QED) is 0.854. The highest BCUT2D eigenvalue weighted by Crippen LogP contribution is 2.55. The predicted octanol–water partition coefficient (Wildman–Crippen LogP) is 3.18. The normalized spacial score (nSPS) is 21.7. The van der Waals surface area contributed by atoms with Crippen molar-refractivity contribution in [3.8, 4) is 11.6 Å². The van der Waals surface area contributed by atoms with E-state index in [0.29, 0.717) is 25.2 Å². The summed E-state index contributed by atoms with van der Waals surface area (Å²) >= 11 is 0. The second-order valence-electron chi connectivity index (χ2n) is 8.29. The fourth-order valence-corrected chi connectivity index (χ4v) is 4.78. The summed E-state index contributed by atoms with van der Waals surface area (Å²) in [7, 11) is 0. The second-order valence-corrected chi connectivity index (χ2v) is 8.29. The minimum Gasteiger partial charge on any atom is -0.508 e. The lowest BCUT2D eigenvalue weighted by atomic mass is 9.62. The Morgan fingerprint density at radius 2 is 1.82 bits per heavy atom. The Hall–Kier alpha value is -2.60. The predicted molar refractivity (Wildman–Crippen MR) is 106 cm³/mol. The number of benzene rings is 1. The van der Waals surface area contributed by atoms with E-state index < -0.39 is 0 Å². The molecule has 2 aromatic rings. The number of carbonyl (C=O) groups is 1. The number of nitrogens with zero attached hydrogens (tertiary/aromatic N) is 3. The van der Waals surface area contributed by atoms with Gasteiger partial charge in [0.05, 0.1) is 0 Å². The molecule has 0 aliphatic carbocycles. The third-order valence-corrected chi connectivity index (χ3v) is 6.34. The van der Waals surface area contributed by atoms with Crippen molar-refractivity contribution < 1.29 is 15.0 Å². The summed E-state index contributed by atoms with van der Waals surface area (Å²) in [4.78, 5) is 20.9. The first-order valence-electron chi connectivity index (χ1n) is 9.89. The van der Waals surface area contributed by atoms with Gasteiger partial charge in [0.1, 0.15) is 11.3 Å². The van der Waals surface area contributed by atoms with Gasteiger partial charge >= 0.3 is 0 Å². The number of hydrogen-bond donors (Lipinski definition) is 2. The molecule has 6 nitrogen and oxygen atoms in total. The number of phenolic OH excluding ortho intramolecular Hbond substituents is 1. The molecule has 1 unspecified atom stereocenters. The summed E-state index contributed by atoms with van der Waals surface area (Å²) in [5.41, 5.74) is 1.64. The second kappa shape index (κ2) is 7.09. The molecule has 0 saturated carbocycles. The molecule has 2 aliphatic heterocycles. The van der Waals surface area contributed by atoms with Gasteiger partial charge in [-0.3, -0.25) is 9.69 Å². The van der Waals surface area contributed by atoms with Crippen LogP contribution in [0, 0.1) is 5.41 Å². The first-order chi connectivity index (χ1) is 13.4. The van der Waals surface area contributed by atoms with E-state index in [2.05, 4.69) is 23.7 Å². The summed E-state index contributed by atoms with van der Waals surface area (Å²) in [6.07, 6.45) is 3.33. The highest BCUT2D eigenvalue weighted by molar-refractivity contribution is 5.96. The van der Waals surface area contributed by atoms with Gasteiger partial charge in [-0.25, -0.2) is 4.98 Å². The molecule has 148 valence electrons. The molecule has 0 radical (unpaired) electrons. The van der Waals surface area contributed by atoms with Crippen molar-refractivity contribution in [2.45, 2.75) is 38.8 Å². The maximum absolute atomic E-state index is 12.8. The zero-order chi connectivity index (χ0) is 19.9. The van der Waals surface area contributed by atoms with Gasteiger partial charge < -0.3 is 15.1 Å². The highest BCUT2D eigenvalue weighted by Gasteiger charge is 2.54. The number of pyridine rings is 1. The van der Waals surface area contributed by atoms with Crippen LogP contribution in [0.3, 0.4) is 0 Å². The van der Waals surface area contributed by atoms with Gasteiger partial charge in [0, 0.05) is 43.3 Å². The number of amides is 1. The Kier molecular flexibility index (Phi) is 4.75. The zero-order valence-electron chi connectivity index (χ0n) is 16.4. The number of carbonyl (C=O) groups excluding carboxylic acids is 1. The van der Waals surface area contributed by atoms with Crippen molar-refractivity contribution in [3.05, 3.63) is 53.7 Å². The van der Waals surface area contributed by atoms with E-state index in [1.54, 1.807) is 24.3 Å². The van der Waals surface area contributed by atoms with E-state index in [4.69, 9.17) is 0 Å². The minimum absolute atomic E-state index is 0.148. The van der Waals surface area contributed by atoms with Gasteiger partial charge in [-0.1, -0.05) is 12.1 Å². The number of likely N-dealkylation sites (tertiary alicyclic amines) is 2. The van der Waals surface area contributed by atoms with Crippen LogP contribution in [-0.2, 0) is 0 Å². The Morgan fingerprint density at radius 3 is 2.43 bits per heavy atom. The van der Waals surface area contributed by atoms with Crippen LogP contribution in [0.5, 0.6) is 11.6 Å². The van der Waals surface area contributed by atoms with E-state index >= 15 is 0 Å². The standard InChI is InChI=1S/C22H27N3O3/c1-15(2)25-14-22(19(25)16-5-7-17(26)8-6-16)9-12-24(13-10-22)21(28)18-4-3-11-23-20(18)27/h3-8,11,15,19,26H,9-10,12-14H2,1-2H3,(H,23,27). The molecule has 2 saturated heterocycles. The molecule has 28 heavy (non-hydrogen) atoms. The van der Waals surface area contributed by atoms with Gasteiger partial charge in [0.2, 0.25) is 5.88 Å². The molecule has 1 atom stereocenters. The van der Waals surface area contributed by atoms with Crippen LogP contribution in [0.2, 0.25) is 0 Å². The molecule has 1 aromatic heterocycles. The number of aromatic nitrogens is 1. The van der Waals surface area contributed by atoms with Crippen molar-refractivity contribution in [1.29, 1.82) is 0 Å². The smallest absolute Gasteiger partial charge is 0.259 e. The van der Waals surface area contributed by atoms with Crippen LogP contribution >= 0.6 is 0 Å². The van der Waals surface area contributed by atoms with Gasteiger partial charge in [-0.15, -0.1) is 0 Å². The average Bonchev–Trinajstić information content (AvgIpc) is 2.68. The third kappa shape index (κ3) is 3.11. The highest BCUT2D eigenvalue weighted by atomic mass is 16.3. The zero-order valence-corrected chi connectivity index (χ0v) is 16.4. The van der Waals surface area contributed by atoms with Gasteiger partial charge in [0.15, 0.2) is 0 Å². The van der Waals surface area contributed by atoms with Crippen molar-refractivity contribution in [3.63, 3.8) is 0 Å². The monoisotopic (exact) mass is 381 g/mol. The number of aromatic hydroxyl groups is 2. The molecular weight excluding hydrogens is 354 g/mol. The van der Waals surface area contributed by atoms with E-state index in [-0.39, 0.29) is 28.5 Å². The molecule has 2 fully saturated rings. The van der Waals surface area contributed by atoms with Crippen LogP contribution in [-0.4, -0.2) is 56.6 Å². The summed E-state index contributed by atoms with van der Waals surface area (Å²) < 4.78 is 0. The molecule has 6 heteroatoms. The topological polar surface area (TPSA) is 76.9 Å². The van der Waals surface area contributed by atoms with Crippen molar-refractivity contribution >= 4 is 5.91 Å². The molecule has 1 spiro atoms. The van der Waals surface area contributed by atoms with E-state index in [1.807, 2.05) is 17.0 Å². The van der Waals surface area contributed by atoms with Crippen molar-refractivity contribution in [2.75, 3.05) is 19.6 Å². The molecule has 4 rings (SSSR count). The van der Waals surface area contributed by atoms with Crippen LogP contribution < -0.4 is 0 Å². The average molecular weight is 381 g/mol. The van der Waals surface area contributed by atoms with Crippen LogP contribution in [0.4, 0.5) is 0 Å². The SMILES string of the molecule is CC(C)N1CC2(CCN(C(=O)c3cccnc3O)CC2)C1c1ccc(O)cc1. The lowest BCUT2D eigenvalue weighted by Gasteiger charge is -2.62. The maximum atomic E-state index is 12.8. The van der Waals surface area contributed by atoms with Crippen molar-refractivity contribution in [1.82, 2.24) is 14.8 Å². The number of phenols is 1. The minimum atomic E-state index is -0.204. The maximum Gasteiger partial charge on any atom is 0.259 e. The van der Waals surface area contributed by atoms with E-state index in [1.165, 1.54) is 11.8 Å². The van der Waals surface area contributed by atoms with Crippen LogP contribution in [0.25, 0.3) is 0 Å². The molecule has 2 N–H and O–H groups in total. The molecule has 1 amide bonds. The third-order valence-electron chi connectivity index (χ3n) is 6.34. The first-order valence-corrected chi connectivity index (χ1v) is 9.89. The van der Waals surface area contributed by atoms with Gasteiger partial charge in [0.25, 0.3) is 5.91 Å². The van der Waals surface area contributed by atoms with Crippen molar-refractivity contribution in [2.24, 2.45) is 5.41 Å². The molecule has 1 aromatic carbocycles. The Balaban J connectivity index is 1.51. The molecule has 0 bridgehead atoms. The Morgan fingerprint density at radius 1 is 1.14 bits per heavy atom. The van der Waals surface area contributed by atoms with Gasteiger partial charge in [-0.05, 0) is 56.5 Å². The fourth-order valence-electron chi connectivity index (χ4n) is 4.78. The number of hydrogen-bond acceptors (Lipinski definition) is 5. The largest absolute Gasteiger partial charge is 0.508 e.